The fourth-order valence-corrected chi connectivity index (χ4v) is 6.61. The Kier molecular flexibility index (Phi) is 12.0. The molecule has 6 rings (SSSR count). The lowest BCUT2D eigenvalue weighted by Crippen LogP contribution is -2.40. The van der Waals surface area contributed by atoms with Crippen molar-refractivity contribution in [3.05, 3.63) is 144 Å². The third kappa shape index (κ3) is 9.18. The van der Waals surface area contributed by atoms with Gasteiger partial charge in [0, 0.05) is 49.0 Å². The zero-order valence-electron chi connectivity index (χ0n) is 27.0. The van der Waals surface area contributed by atoms with Crippen LogP contribution in [0, 0.1) is 5.92 Å². The van der Waals surface area contributed by atoms with Gasteiger partial charge < -0.3 is 10.0 Å². The van der Waals surface area contributed by atoms with Crippen LogP contribution in [0.15, 0.2) is 133 Å². The Morgan fingerprint density at radius 3 is 1.85 bits per heavy atom. The molecule has 1 saturated heterocycles. The molecule has 0 atom stereocenters. The number of carboxylic acids is 1. The number of carbonyl (C=O) groups is 2. The number of aromatic nitrogens is 1. The average molecular weight is 644 g/mol. The van der Waals surface area contributed by atoms with Crippen LogP contribution in [0.2, 0.25) is 0 Å². The van der Waals surface area contributed by atoms with Crippen LogP contribution < -0.4 is 0 Å². The number of pyridine rings is 1. The molecule has 5 aromatic rings. The molecule has 1 aromatic heterocycles. The highest BCUT2D eigenvalue weighted by Crippen LogP contribution is 2.30. The zero-order valence-corrected chi connectivity index (χ0v) is 27.8. The maximum atomic E-state index is 13.0. The molecule has 0 unspecified atom stereocenters. The number of hydrogen-bond donors (Lipinski definition) is 1. The first kappa shape index (κ1) is 33.6. The minimum atomic E-state index is -0.772. The van der Waals surface area contributed by atoms with E-state index in [1.54, 1.807) is 23.0 Å². The standard InChI is InChI=1S/C38H35N3O3S.C2H6/c42-37(40-23-20-35(21-24-40)38(43)44)34-14-12-32(13-15-34)31-10-8-28(9-11-31)26-41(27-29-5-4-22-39-25-29)45-36-18-16-33(17-19-36)30-6-2-1-3-7-30;1-2/h1-19,22,25,35H,20-21,23-24,26-27H2,(H,43,44);1-2H3. The van der Waals surface area contributed by atoms with Crippen LogP contribution in [-0.4, -0.2) is 44.3 Å². The SMILES string of the molecule is CC.O=C(O)C1CCN(C(=O)c2ccc(-c3ccc(CN(Cc4cccnc4)Sc4ccc(-c5ccccc5)cc4)cc3)cc2)CC1. The molecule has 1 fully saturated rings. The van der Waals surface area contributed by atoms with Crippen molar-refractivity contribution >= 4 is 23.8 Å². The Morgan fingerprint density at radius 1 is 0.723 bits per heavy atom. The summed E-state index contributed by atoms with van der Waals surface area (Å²) in [7, 11) is 0. The predicted molar refractivity (Wildman–Crippen MR) is 191 cm³/mol. The molecule has 1 aliphatic rings. The number of nitrogens with zero attached hydrogens (tertiary/aromatic N) is 3. The van der Waals surface area contributed by atoms with Gasteiger partial charge in [0.1, 0.15) is 0 Å². The molecule has 1 aliphatic heterocycles. The number of piperidine rings is 1. The van der Waals surface area contributed by atoms with E-state index >= 15 is 0 Å². The first-order valence-electron chi connectivity index (χ1n) is 16.2. The maximum absolute atomic E-state index is 13.0. The summed E-state index contributed by atoms with van der Waals surface area (Å²) in [5, 5.41) is 9.23. The Balaban J connectivity index is 0.00000213. The van der Waals surface area contributed by atoms with E-state index in [0.29, 0.717) is 31.5 Å². The number of carboxylic acid groups (broad SMARTS) is 1. The molecule has 4 aromatic carbocycles. The van der Waals surface area contributed by atoms with Gasteiger partial charge in [-0.25, -0.2) is 4.31 Å². The van der Waals surface area contributed by atoms with Crippen LogP contribution in [0.25, 0.3) is 22.3 Å². The van der Waals surface area contributed by atoms with Gasteiger partial charge in [-0.3, -0.25) is 14.6 Å². The maximum Gasteiger partial charge on any atom is 0.306 e. The molecule has 0 radical (unpaired) electrons. The average Bonchev–Trinajstić information content (AvgIpc) is 3.14. The van der Waals surface area contributed by atoms with Crippen molar-refractivity contribution in [2.45, 2.75) is 44.7 Å². The molecule has 0 spiro atoms. The van der Waals surface area contributed by atoms with E-state index in [0.717, 1.165) is 29.8 Å². The normalized spacial score (nSPS) is 13.1. The third-order valence-electron chi connectivity index (χ3n) is 8.19. The second-order valence-corrected chi connectivity index (χ2v) is 12.5. The van der Waals surface area contributed by atoms with Gasteiger partial charge in [0.05, 0.1) is 5.92 Å². The predicted octanol–water partition coefficient (Wildman–Crippen LogP) is 9.09. The second kappa shape index (κ2) is 16.7. The lowest BCUT2D eigenvalue weighted by atomic mass is 9.96. The van der Waals surface area contributed by atoms with E-state index in [2.05, 4.69) is 88.2 Å². The lowest BCUT2D eigenvalue weighted by molar-refractivity contribution is -0.143. The topological polar surface area (TPSA) is 73.7 Å². The van der Waals surface area contributed by atoms with Crippen molar-refractivity contribution in [1.29, 1.82) is 0 Å². The molecule has 2 heterocycles. The molecular formula is C40H41N3O3S. The Morgan fingerprint density at radius 2 is 1.28 bits per heavy atom. The van der Waals surface area contributed by atoms with Crippen molar-refractivity contribution in [2.75, 3.05) is 13.1 Å². The molecule has 0 bridgehead atoms. The van der Waals surface area contributed by atoms with Crippen LogP contribution in [0.1, 0.15) is 48.2 Å². The van der Waals surface area contributed by atoms with E-state index in [-0.39, 0.29) is 11.8 Å². The van der Waals surface area contributed by atoms with Crippen molar-refractivity contribution in [3.8, 4) is 22.3 Å². The summed E-state index contributed by atoms with van der Waals surface area (Å²) in [6.45, 7) is 6.47. The number of likely N-dealkylation sites (tertiary alicyclic amines) is 1. The number of benzene rings is 4. The number of hydrogen-bond acceptors (Lipinski definition) is 5. The first-order valence-corrected chi connectivity index (χ1v) is 17.0. The quantitative estimate of drug-likeness (QED) is 0.153. The van der Waals surface area contributed by atoms with E-state index in [9.17, 15) is 14.7 Å². The molecule has 7 heteroatoms. The summed E-state index contributed by atoms with van der Waals surface area (Å²) in [5.41, 5.74) is 7.53. The fraction of sp³-hybridized carbons (Fsp3) is 0.225. The molecular weight excluding hydrogens is 603 g/mol. The van der Waals surface area contributed by atoms with Gasteiger partial charge in [-0.15, -0.1) is 0 Å². The van der Waals surface area contributed by atoms with Crippen molar-refractivity contribution in [1.82, 2.24) is 14.2 Å². The largest absolute Gasteiger partial charge is 0.481 e. The van der Waals surface area contributed by atoms with Crippen LogP contribution in [-0.2, 0) is 17.9 Å². The third-order valence-corrected chi connectivity index (χ3v) is 9.19. The summed E-state index contributed by atoms with van der Waals surface area (Å²) < 4.78 is 2.35. The van der Waals surface area contributed by atoms with Crippen molar-refractivity contribution in [2.24, 2.45) is 5.92 Å². The van der Waals surface area contributed by atoms with Gasteiger partial charge in [-0.1, -0.05) is 98.8 Å². The van der Waals surface area contributed by atoms with E-state index in [1.807, 2.05) is 56.4 Å². The first-order chi connectivity index (χ1) is 23.0. The van der Waals surface area contributed by atoms with Crippen LogP contribution in [0.3, 0.4) is 0 Å². The lowest BCUT2D eigenvalue weighted by Gasteiger charge is -2.30. The summed E-state index contributed by atoms with van der Waals surface area (Å²) in [6.07, 6.45) is 4.73. The van der Waals surface area contributed by atoms with Gasteiger partial charge in [0.2, 0.25) is 0 Å². The molecule has 1 N–H and O–H groups in total. The van der Waals surface area contributed by atoms with E-state index in [1.165, 1.54) is 21.6 Å². The molecule has 240 valence electrons. The molecule has 47 heavy (non-hydrogen) atoms. The molecule has 6 nitrogen and oxygen atoms in total. The number of amides is 1. The summed E-state index contributed by atoms with van der Waals surface area (Å²) >= 11 is 1.74. The van der Waals surface area contributed by atoms with Crippen molar-refractivity contribution < 1.29 is 14.7 Å². The second-order valence-electron chi connectivity index (χ2n) is 11.3. The van der Waals surface area contributed by atoms with Crippen molar-refractivity contribution in [3.63, 3.8) is 0 Å². The highest BCUT2D eigenvalue weighted by atomic mass is 32.2. The number of aliphatic carboxylic acids is 1. The van der Waals surface area contributed by atoms with Gasteiger partial charge in [0.15, 0.2) is 0 Å². The highest BCUT2D eigenvalue weighted by Gasteiger charge is 2.27. The summed E-state index contributed by atoms with van der Waals surface area (Å²) in [4.78, 5) is 31.5. The monoisotopic (exact) mass is 643 g/mol. The van der Waals surface area contributed by atoms with Crippen LogP contribution in [0.4, 0.5) is 0 Å². The zero-order chi connectivity index (χ0) is 33.0. The fourth-order valence-electron chi connectivity index (χ4n) is 5.63. The number of carbonyl (C=O) groups excluding carboxylic acids is 1. The van der Waals surface area contributed by atoms with E-state index in [4.69, 9.17) is 0 Å². The highest BCUT2D eigenvalue weighted by molar-refractivity contribution is 7.97. The minimum absolute atomic E-state index is 0.0401. The van der Waals surface area contributed by atoms with Gasteiger partial charge >= 0.3 is 5.97 Å². The summed E-state index contributed by atoms with van der Waals surface area (Å²) in [6, 6.07) is 39.5. The molecule has 0 saturated carbocycles. The number of rotatable bonds is 10. The Hall–Kier alpha value is -4.72. The molecule has 0 aliphatic carbocycles. The van der Waals surface area contributed by atoms with Gasteiger partial charge in [-0.05, 0) is 88.5 Å². The van der Waals surface area contributed by atoms with Crippen LogP contribution >= 0.6 is 11.9 Å². The minimum Gasteiger partial charge on any atom is -0.481 e. The summed E-state index contributed by atoms with van der Waals surface area (Å²) in [5.74, 6) is -1.17. The smallest absolute Gasteiger partial charge is 0.306 e. The van der Waals surface area contributed by atoms with E-state index < -0.39 is 5.97 Å². The Labute approximate surface area is 282 Å². The molecule has 1 amide bonds. The van der Waals surface area contributed by atoms with Gasteiger partial charge in [-0.2, -0.15) is 0 Å². The van der Waals surface area contributed by atoms with Gasteiger partial charge in [0.25, 0.3) is 5.91 Å². The Bertz CT molecular complexity index is 1700. The van der Waals surface area contributed by atoms with Crippen LogP contribution in [0.5, 0.6) is 0 Å².